The molecule has 0 aliphatic rings. The molecule has 1 rings (SSSR count). The Bertz CT molecular complexity index is 409. The lowest BCUT2D eigenvalue weighted by atomic mass is 10.0. The fourth-order valence-electron chi connectivity index (χ4n) is 2.02. The van der Waals surface area contributed by atoms with E-state index in [2.05, 4.69) is 12.2 Å². The van der Waals surface area contributed by atoms with E-state index in [0.29, 0.717) is 23.9 Å². The Hall–Kier alpha value is -1.06. The molecule has 0 aliphatic carbocycles. The number of rotatable bonds is 7. The molecule has 3 nitrogen and oxygen atoms in total. The van der Waals surface area contributed by atoms with Crippen molar-refractivity contribution in [2.24, 2.45) is 11.7 Å². The van der Waals surface area contributed by atoms with Gasteiger partial charge in [-0.25, -0.2) is 0 Å². The molecule has 3 N–H and O–H groups in total. The number of nitrogens with one attached hydrogen (secondary N) is 1. The Balaban J connectivity index is 2.42. The number of benzene rings is 1. The van der Waals surface area contributed by atoms with E-state index >= 15 is 0 Å². The van der Waals surface area contributed by atoms with E-state index in [1.807, 2.05) is 31.2 Å². The van der Waals surface area contributed by atoms with Gasteiger partial charge in [-0.15, -0.1) is 0 Å². The summed E-state index contributed by atoms with van der Waals surface area (Å²) in [6.07, 6.45) is 2.38. The maximum atomic E-state index is 11.9. The molecule has 0 heterocycles. The summed E-state index contributed by atoms with van der Waals surface area (Å²) >= 11 is 6.11. The first-order valence-corrected chi connectivity index (χ1v) is 7.16. The molecule has 0 bridgehead atoms. The first-order chi connectivity index (χ1) is 9.04. The number of carbonyl (C=O) groups is 1. The standard InChI is InChI=1S/C15H23ClN2O/c1-11(9-10-17)7-8-15(19)18-12(2)13-5-3-4-6-14(13)16/h3-6,11-12H,7-10,17H2,1-2H3,(H,18,19)/t11?,12-/m1/s1. The molecule has 0 aliphatic heterocycles. The van der Waals surface area contributed by atoms with Crippen LogP contribution in [0.15, 0.2) is 24.3 Å². The van der Waals surface area contributed by atoms with E-state index in [9.17, 15) is 4.79 Å². The van der Waals surface area contributed by atoms with Crippen molar-refractivity contribution in [1.29, 1.82) is 0 Å². The second-order valence-corrected chi connectivity index (χ2v) is 5.44. The topological polar surface area (TPSA) is 55.1 Å². The zero-order chi connectivity index (χ0) is 14.3. The Kier molecular flexibility index (Phi) is 6.89. The summed E-state index contributed by atoms with van der Waals surface area (Å²) in [6, 6.07) is 7.51. The van der Waals surface area contributed by atoms with Crippen molar-refractivity contribution in [3.63, 3.8) is 0 Å². The highest BCUT2D eigenvalue weighted by Gasteiger charge is 2.12. The Morgan fingerprint density at radius 1 is 1.32 bits per heavy atom. The molecule has 0 spiro atoms. The van der Waals surface area contributed by atoms with Gasteiger partial charge in [-0.1, -0.05) is 36.7 Å². The van der Waals surface area contributed by atoms with Crippen LogP contribution in [-0.4, -0.2) is 12.5 Å². The van der Waals surface area contributed by atoms with Crippen molar-refractivity contribution in [3.8, 4) is 0 Å². The highest BCUT2D eigenvalue weighted by molar-refractivity contribution is 6.31. The smallest absolute Gasteiger partial charge is 0.220 e. The van der Waals surface area contributed by atoms with Gasteiger partial charge in [-0.2, -0.15) is 0 Å². The molecule has 1 aromatic carbocycles. The van der Waals surface area contributed by atoms with Crippen LogP contribution in [0.2, 0.25) is 5.02 Å². The number of halogens is 1. The third kappa shape index (κ3) is 5.62. The largest absolute Gasteiger partial charge is 0.350 e. The SMILES string of the molecule is CC(CCN)CCC(=O)N[C@H](C)c1ccccc1Cl. The molecule has 0 saturated heterocycles. The molecule has 1 unspecified atom stereocenters. The van der Waals surface area contributed by atoms with Crippen LogP contribution in [0.5, 0.6) is 0 Å². The van der Waals surface area contributed by atoms with Gasteiger partial charge in [0.05, 0.1) is 6.04 Å². The summed E-state index contributed by atoms with van der Waals surface area (Å²) < 4.78 is 0. The number of carbonyl (C=O) groups excluding carboxylic acids is 1. The van der Waals surface area contributed by atoms with E-state index in [1.165, 1.54) is 0 Å². The van der Waals surface area contributed by atoms with Crippen molar-refractivity contribution in [2.45, 2.75) is 39.2 Å². The second-order valence-electron chi connectivity index (χ2n) is 5.03. The van der Waals surface area contributed by atoms with Gasteiger partial charge in [0.1, 0.15) is 0 Å². The maximum absolute atomic E-state index is 11.9. The summed E-state index contributed by atoms with van der Waals surface area (Å²) in [5, 5.41) is 3.67. The minimum absolute atomic E-state index is 0.0639. The van der Waals surface area contributed by atoms with Gasteiger partial charge in [0.25, 0.3) is 0 Å². The van der Waals surface area contributed by atoms with Crippen molar-refractivity contribution in [2.75, 3.05) is 6.54 Å². The molecule has 106 valence electrons. The predicted octanol–water partition coefficient (Wildman–Crippen LogP) is 3.28. The molecule has 2 atom stereocenters. The van der Waals surface area contributed by atoms with Gasteiger partial charge in [0.2, 0.25) is 5.91 Å². The number of amides is 1. The van der Waals surface area contributed by atoms with Crippen LogP contribution in [0.4, 0.5) is 0 Å². The van der Waals surface area contributed by atoms with Crippen LogP contribution in [-0.2, 0) is 4.79 Å². The van der Waals surface area contributed by atoms with Crippen LogP contribution in [0.3, 0.4) is 0 Å². The lowest BCUT2D eigenvalue weighted by Gasteiger charge is -2.16. The Labute approximate surface area is 120 Å². The average Bonchev–Trinajstić information content (AvgIpc) is 2.37. The van der Waals surface area contributed by atoms with Gasteiger partial charge in [-0.3, -0.25) is 4.79 Å². The van der Waals surface area contributed by atoms with Crippen LogP contribution in [0, 0.1) is 5.92 Å². The molecular weight excluding hydrogens is 260 g/mol. The monoisotopic (exact) mass is 282 g/mol. The number of hydrogen-bond donors (Lipinski definition) is 2. The molecule has 1 amide bonds. The number of nitrogens with two attached hydrogens (primary N) is 1. The van der Waals surface area contributed by atoms with Crippen LogP contribution < -0.4 is 11.1 Å². The Morgan fingerprint density at radius 2 is 2.00 bits per heavy atom. The average molecular weight is 283 g/mol. The summed E-state index contributed by atoms with van der Waals surface area (Å²) in [5.74, 6) is 0.558. The molecule has 0 radical (unpaired) electrons. The van der Waals surface area contributed by atoms with Gasteiger partial charge >= 0.3 is 0 Å². The van der Waals surface area contributed by atoms with E-state index in [4.69, 9.17) is 17.3 Å². The Morgan fingerprint density at radius 3 is 2.63 bits per heavy atom. The molecule has 0 aromatic heterocycles. The van der Waals surface area contributed by atoms with Crippen LogP contribution in [0.1, 0.15) is 44.7 Å². The van der Waals surface area contributed by atoms with Gasteiger partial charge in [0.15, 0.2) is 0 Å². The van der Waals surface area contributed by atoms with Crippen LogP contribution >= 0.6 is 11.6 Å². The molecule has 0 fully saturated rings. The third-order valence-electron chi connectivity index (χ3n) is 3.27. The molecule has 19 heavy (non-hydrogen) atoms. The lowest BCUT2D eigenvalue weighted by molar-refractivity contribution is -0.122. The first kappa shape index (κ1) is 16.0. The van der Waals surface area contributed by atoms with Gasteiger partial charge in [-0.05, 0) is 43.9 Å². The quantitative estimate of drug-likeness (QED) is 0.806. The van der Waals surface area contributed by atoms with Gasteiger partial charge in [0, 0.05) is 11.4 Å². The minimum atomic E-state index is -0.0639. The molecule has 0 saturated carbocycles. The van der Waals surface area contributed by atoms with Crippen molar-refractivity contribution < 1.29 is 4.79 Å². The zero-order valence-electron chi connectivity index (χ0n) is 11.7. The molecule has 1 aromatic rings. The first-order valence-electron chi connectivity index (χ1n) is 6.78. The summed E-state index contributed by atoms with van der Waals surface area (Å²) in [6.45, 7) is 4.75. The highest BCUT2D eigenvalue weighted by atomic mass is 35.5. The normalized spacial score (nSPS) is 13.9. The van der Waals surface area contributed by atoms with Gasteiger partial charge < -0.3 is 11.1 Å². The van der Waals surface area contributed by atoms with Crippen LogP contribution in [0.25, 0.3) is 0 Å². The van der Waals surface area contributed by atoms with E-state index in [1.54, 1.807) is 0 Å². The fourth-order valence-corrected chi connectivity index (χ4v) is 2.32. The number of hydrogen-bond acceptors (Lipinski definition) is 2. The van der Waals surface area contributed by atoms with E-state index in [0.717, 1.165) is 18.4 Å². The maximum Gasteiger partial charge on any atom is 0.220 e. The lowest BCUT2D eigenvalue weighted by Crippen LogP contribution is -2.27. The predicted molar refractivity (Wildman–Crippen MR) is 80.1 cm³/mol. The fraction of sp³-hybridized carbons (Fsp3) is 0.533. The zero-order valence-corrected chi connectivity index (χ0v) is 12.4. The summed E-state index contributed by atoms with van der Waals surface area (Å²) in [5.41, 5.74) is 6.45. The second kappa shape index (κ2) is 8.18. The van der Waals surface area contributed by atoms with E-state index in [-0.39, 0.29) is 11.9 Å². The summed E-state index contributed by atoms with van der Waals surface area (Å²) in [7, 11) is 0. The van der Waals surface area contributed by atoms with E-state index < -0.39 is 0 Å². The van der Waals surface area contributed by atoms with Crippen molar-refractivity contribution >= 4 is 17.5 Å². The molecular formula is C15H23ClN2O. The molecule has 4 heteroatoms. The van der Waals surface area contributed by atoms with Crippen molar-refractivity contribution in [1.82, 2.24) is 5.32 Å². The highest BCUT2D eigenvalue weighted by Crippen LogP contribution is 2.22. The minimum Gasteiger partial charge on any atom is -0.350 e. The third-order valence-corrected chi connectivity index (χ3v) is 3.62. The summed E-state index contributed by atoms with van der Waals surface area (Å²) in [4.78, 5) is 11.9. The van der Waals surface area contributed by atoms with Crippen molar-refractivity contribution in [3.05, 3.63) is 34.9 Å².